The Labute approximate surface area is 104 Å². The van der Waals surface area contributed by atoms with Crippen molar-refractivity contribution >= 4 is 11.6 Å². The minimum atomic E-state index is -4.40. The molecule has 0 aliphatic rings. The first-order valence-corrected chi connectivity index (χ1v) is 5.18. The molecule has 0 spiro atoms. The molecule has 18 heavy (non-hydrogen) atoms. The number of alkyl halides is 3. The number of nitrogens with one attached hydrogen (secondary N) is 1. The molecule has 2 rings (SSSR count). The van der Waals surface area contributed by atoms with E-state index in [2.05, 4.69) is 10.2 Å². The molecule has 1 N–H and O–H groups in total. The van der Waals surface area contributed by atoms with Gasteiger partial charge in [0.05, 0.1) is 11.1 Å². The van der Waals surface area contributed by atoms with Gasteiger partial charge in [0, 0.05) is 0 Å². The summed E-state index contributed by atoms with van der Waals surface area (Å²) in [5.74, 6) is 0. The quantitative estimate of drug-likeness (QED) is 0.868. The monoisotopic (exact) mass is 274 g/mol. The maximum Gasteiger partial charge on any atom is 0.416 e. The Morgan fingerprint density at radius 1 is 1.17 bits per heavy atom. The lowest BCUT2D eigenvalue weighted by Crippen LogP contribution is -2.10. The van der Waals surface area contributed by atoms with Crippen LogP contribution in [0.4, 0.5) is 13.2 Å². The Morgan fingerprint density at radius 2 is 1.78 bits per heavy atom. The van der Waals surface area contributed by atoms with Gasteiger partial charge in [0.25, 0.3) is 5.56 Å². The summed E-state index contributed by atoms with van der Waals surface area (Å²) in [6.07, 6.45) is -4.40. The zero-order valence-electron chi connectivity index (χ0n) is 8.75. The molecule has 0 saturated heterocycles. The maximum atomic E-state index is 12.4. The van der Waals surface area contributed by atoms with Crippen molar-refractivity contribution in [3.05, 3.63) is 51.4 Å². The predicted octanol–water partition coefficient (Wildman–Crippen LogP) is 3.11. The molecular formula is C11H6ClF3N2O. The molecule has 0 saturated carbocycles. The van der Waals surface area contributed by atoms with Crippen LogP contribution in [0.25, 0.3) is 11.1 Å². The third kappa shape index (κ3) is 2.53. The van der Waals surface area contributed by atoms with Gasteiger partial charge in [0.2, 0.25) is 0 Å². The molecule has 0 atom stereocenters. The molecule has 0 unspecified atom stereocenters. The van der Waals surface area contributed by atoms with Crippen LogP contribution in [-0.4, -0.2) is 10.2 Å². The molecule has 0 bridgehead atoms. The van der Waals surface area contributed by atoms with Crippen LogP contribution in [0.2, 0.25) is 5.15 Å². The lowest BCUT2D eigenvalue weighted by Gasteiger charge is -2.07. The van der Waals surface area contributed by atoms with Crippen molar-refractivity contribution < 1.29 is 13.2 Å². The second-order valence-corrected chi connectivity index (χ2v) is 3.90. The molecule has 2 aromatic rings. The molecule has 94 valence electrons. The molecule has 3 nitrogen and oxygen atoms in total. The number of rotatable bonds is 1. The van der Waals surface area contributed by atoms with Crippen molar-refractivity contribution in [2.24, 2.45) is 0 Å². The summed E-state index contributed by atoms with van der Waals surface area (Å²) < 4.78 is 37.1. The minimum absolute atomic E-state index is 0.0597. The summed E-state index contributed by atoms with van der Waals surface area (Å²) in [6.45, 7) is 0. The van der Waals surface area contributed by atoms with Crippen LogP contribution >= 0.6 is 11.6 Å². The van der Waals surface area contributed by atoms with Gasteiger partial charge in [-0.3, -0.25) is 4.79 Å². The predicted molar refractivity (Wildman–Crippen MR) is 60.3 cm³/mol. The Hall–Kier alpha value is -1.82. The van der Waals surface area contributed by atoms with Crippen LogP contribution in [0.5, 0.6) is 0 Å². The van der Waals surface area contributed by atoms with E-state index in [1.54, 1.807) is 0 Å². The van der Waals surface area contributed by atoms with E-state index < -0.39 is 17.3 Å². The van der Waals surface area contributed by atoms with Gasteiger partial charge >= 0.3 is 6.18 Å². The Balaban J connectivity index is 2.47. The van der Waals surface area contributed by atoms with Crippen molar-refractivity contribution in [1.29, 1.82) is 0 Å². The zero-order valence-corrected chi connectivity index (χ0v) is 9.51. The van der Waals surface area contributed by atoms with Crippen LogP contribution in [0.15, 0.2) is 35.1 Å². The smallest absolute Gasteiger partial charge is 0.267 e. The fourth-order valence-corrected chi connectivity index (χ4v) is 1.59. The third-order valence-corrected chi connectivity index (χ3v) is 2.49. The summed E-state index contributed by atoms with van der Waals surface area (Å²) in [5, 5.41) is 5.68. The average molecular weight is 275 g/mol. The maximum absolute atomic E-state index is 12.4. The molecule has 0 aliphatic carbocycles. The van der Waals surface area contributed by atoms with Crippen LogP contribution in [-0.2, 0) is 6.18 Å². The normalized spacial score (nSPS) is 11.6. The highest BCUT2D eigenvalue weighted by atomic mass is 35.5. The van der Waals surface area contributed by atoms with Crippen molar-refractivity contribution in [2.75, 3.05) is 0 Å². The van der Waals surface area contributed by atoms with Crippen LogP contribution in [0.3, 0.4) is 0 Å². The van der Waals surface area contributed by atoms with Crippen LogP contribution in [0, 0.1) is 0 Å². The highest BCUT2D eigenvalue weighted by Crippen LogP contribution is 2.30. The summed E-state index contributed by atoms with van der Waals surface area (Å²) in [4.78, 5) is 11.5. The van der Waals surface area contributed by atoms with Crippen LogP contribution in [0.1, 0.15) is 5.56 Å². The highest BCUT2D eigenvalue weighted by molar-refractivity contribution is 6.29. The number of hydrogen-bond donors (Lipinski definition) is 1. The minimum Gasteiger partial charge on any atom is -0.267 e. The second kappa shape index (κ2) is 4.45. The van der Waals surface area contributed by atoms with E-state index in [-0.39, 0.29) is 10.7 Å². The van der Waals surface area contributed by atoms with Gasteiger partial charge in [0.15, 0.2) is 0 Å². The molecule has 1 heterocycles. The molecule has 1 aromatic carbocycles. The number of aromatic amines is 1. The van der Waals surface area contributed by atoms with E-state index in [0.29, 0.717) is 5.56 Å². The summed E-state index contributed by atoms with van der Waals surface area (Å²) in [6, 6.07) is 5.53. The summed E-state index contributed by atoms with van der Waals surface area (Å²) in [7, 11) is 0. The summed E-state index contributed by atoms with van der Waals surface area (Å²) >= 11 is 5.61. The lowest BCUT2D eigenvalue weighted by atomic mass is 10.1. The largest absolute Gasteiger partial charge is 0.416 e. The first kappa shape index (κ1) is 12.6. The number of H-pyrrole nitrogens is 1. The van der Waals surface area contributed by atoms with Gasteiger partial charge in [-0.25, -0.2) is 5.10 Å². The van der Waals surface area contributed by atoms with Crippen molar-refractivity contribution in [3.63, 3.8) is 0 Å². The average Bonchev–Trinajstić information content (AvgIpc) is 2.31. The molecule has 0 aliphatic heterocycles. The van der Waals surface area contributed by atoms with E-state index in [1.165, 1.54) is 18.2 Å². The second-order valence-electron chi connectivity index (χ2n) is 3.51. The SMILES string of the molecule is O=c1[nH]nc(Cl)cc1-c1ccc(C(F)(F)F)cc1. The van der Waals surface area contributed by atoms with Crippen molar-refractivity contribution in [2.45, 2.75) is 6.18 Å². The number of halogens is 4. The molecule has 7 heteroatoms. The van der Waals surface area contributed by atoms with Gasteiger partial charge in [-0.1, -0.05) is 23.7 Å². The molecule has 0 radical (unpaired) electrons. The van der Waals surface area contributed by atoms with Gasteiger partial charge in [0.1, 0.15) is 5.15 Å². The first-order chi connectivity index (χ1) is 8.38. The van der Waals surface area contributed by atoms with Gasteiger partial charge in [-0.2, -0.15) is 18.3 Å². The van der Waals surface area contributed by atoms with Crippen LogP contribution < -0.4 is 5.56 Å². The molecule has 1 aromatic heterocycles. The number of nitrogens with zero attached hydrogens (tertiary/aromatic N) is 1. The molecular weight excluding hydrogens is 269 g/mol. The van der Waals surface area contributed by atoms with Gasteiger partial charge < -0.3 is 0 Å². The standard InChI is InChI=1S/C11H6ClF3N2O/c12-9-5-8(10(18)17-16-9)6-1-3-7(4-2-6)11(13,14)15/h1-5H,(H,17,18). The lowest BCUT2D eigenvalue weighted by molar-refractivity contribution is -0.137. The molecule has 0 amide bonds. The topological polar surface area (TPSA) is 45.8 Å². The van der Waals surface area contributed by atoms with E-state index in [9.17, 15) is 18.0 Å². The Morgan fingerprint density at radius 3 is 2.33 bits per heavy atom. The molecule has 0 fully saturated rings. The number of hydrogen-bond acceptors (Lipinski definition) is 2. The number of aromatic nitrogens is 2. The van der Waals surface area contributed by atoms with Crippen molar-refractivity contribution in [3.8, 4) is 11.1 Å². The highest BCUT2D eigenvalue weighted by Gasteiger charge is 2.30. The van der Waals surface area contributed by atoms with Gasteiger partial charge in [-0.05, 0) is 23.8 Å². The summed E-state index contributed by atoms with van der Waals surface area (Å²) in [5.41, 5.74) is -0.778. The Bertz CT molecular complexity index is 619. The zero-order chi connectivity index (χ0) is 13.3. The Kier molecular flexibility index (Phi) is 3.13. The fourth-order valence-electron chi connectivity index (χ4n) is 1.43. The van der Waals surface area contributed by atoms with E-state index in [1.807, 2.05) is 0 Å². The van der Waals surface area contributed by atoms with E-state index in [0.717, 1.165) is 12.1 Å². The van der Waals surface area contributed by atoms with E-state index in [4.69, 9.17) is 11.6 Å². The third-order valence-electron chi connectivity index (χ3n) is 2.30. The van der Waals surface area contributed by atoms with Crippen molar-refractivity contribution in [1.82, 2.24) is 10.2 Å². The van der Waals surface area contributed by atoms with E-state index >= 15 is 0 Å². The fraction of sp³-hybridized carbons (Fsp3) is 0.0909. The first-order valence-electron chi connectivity index (χ1n) is 4.81. The van der Waals surface area contributed by atoms with Gasteiger partial charge in [-0.15, -0.1) is 0 Å². The number of benzene rings is 1.